The van der Waals surface area contributed by atoms with Crippen LogP contribution in [0.2, 0.25) is 0 Å². The minimum atomic E-state index is 0.718. The van der Waals surface area contributed by atoms with E-state index >= 15 is 0 Å². The molecule has 3 unspecified atom stereocenters. The van der Waals surface area contributed by atoms with E-state index in [4.69, 9.17) is 4.74 Å². The van der Waals surface area contributed by atoms with Crippen molar-refractivity contribution in [1.29, 1.82) is 0 Å². The van der Waals surface area contributed by atoms with Crippen LogP contribution in [0.1, 0.15) is 57.4 Å². The summed E-state index contributed by atoms with van der Waals surface area (Å²) in [4.78, 5) is 0. The Kier molecular flexibility index (Phi) is 4.54. The smallest absolute Gasteiger partial charge is 0.119 e. The van der Waals surface area contributed by atoms with Crippen LogP contribution >= 0.6 is 0 Å². The van der Waals surface area contributed by atoms with Gasteiger partial charge in [0.1, 0.15) is 5.75 Å². The topological polar surface area (TPSA) is 21.3 Å². The van der Waals surface area contributed by atoms with E-state index in [-0.39, 0.29) is 0 Å². The van der Waals surface area contributed by atoms with Gasteiger partial charge in [-0.05, 0) is 67.6 Å². The van der Waals surface area contributed by atoms with Crippen LogP contribution in [0.25, 0.3) is 0 Å². The molecule has 1 aromatic carbocycles. The number of methoxy groups -OCH3 is 1. The van der Waals surface area contributed by atoms with Crippen LogP contribution in [-0.4, -0.2) is 19.2 Å². The van der Waals surface area contributed by atoms with E-state index in [0.717, 1.165) is 35.6 Å². The highest BCUT2D eigenvalue weighted by molar-refractivity contribution is 5.32. The molecule has 1 N–H and O–H groups in total. The van der Waals surface area contributed by atoms with Gasteiger partial charge >= 0.3 is 0 Å². The Bertz CT molecular complexity index is 466. The standard InChI is InChI=1S/C19H29NO/c1-13-7-8-19(14(2)9-13)20-17-10-16(11-17)15-5-4-6-18(12-15)21-3/h4-6,12-14,16-17,19-20H,7-11H2,1-3H3. The van der Waals surface area contributed by atoms with Crippen molar-refractivity contribution in [2.75, 3.05) is 7.11 Å². The molecule has 0 aliphatic heterocycles. The number of hydrogen-bond donors (Lipinski definition) is 1. The summed E-state index contributed by atoms with van der Waals surface area (Å²) in [6.07, 6.45) is 6.72. The molecule has 2 fully saturated rings. The third kappa shape index (κ3) is 3.42. The molecular weight excluding hydrogens is 258 g/mol. The van der Waals surface area contributed by atoms with Crippen molar-refractivity contribution >= 4 is 0 Å². The van der Waals surface area contributed by atoms with Crippen molar-refractivity contribution in [2.45, 2.75) is 64.0 Å². The zero-order valence-corrected chi connectivity index (χ0v) is 13.6. The summed E-state index contributed by atoms with van der Waals surface area (Å²) >= 11 is 0. The molecule has 0 spiro atoms. The van der Waals surface area contributed by atoms with Gasteiger partial charge in [-0.2, -0.15) is 0 Å². The van der Waals surface area contributed by atoms with Gasteiger partial charge in [0.15, 0.2) is 0 Å². The Morgan fingerprint density at radius 3 is 2.62 bits per heavy atom. The van der Waals surface area contributed by atoms with Crippen LogP contribution < -0.4 is 10.1 Å². The number of rotatable bonds is 4. The summed E-state index contributed by atoms with van der Waals surface area (Å²) in [5, 5.41) is 3.92. The molecule has 0 radical (unpaired) electrons. The van der Waals surface area contributed by atoms with Crippen molar-refractivity contribution in [2.24, 2.45) is 11.8 Å². The third-order valence-corrected chi connectivity index (χ3v) is 5.58. The average Bonchev–Trinajstić information content (AvgIpc) is 2.44. The number of ether oxygens (including phenoxy) is 1. The summed E-state index contributed by atoms with van der Waals surface area (Å²) in [7, 11) is 1.75. The fourth-order valence-electron chi connectivity index (χ4n) is 4.14. The molecule has 0 saturated heterocycles. The molecule has 0 bridgehead atoms. The van der Waals surface area contributed by atoms with Crippen LogP contribution in [0.15, 0.2) is 24.3 Å². The van der Waals surface area contributed by atoms with Crippen LogP contribution in [-0.2, 0) is 0 Å². The number of hydrogen-bond acceptors (Lipinski definition) is 2. The van der Waals surface area contributed by atoms with Gasteiger partial charge < -0.3 is 10.1 Å². The molecule has 0 amide bonds. The van der Waals surface area contributed by atoms with Crippen molar-refractivity contribution in [3.05, 3.63) is 29.8 Å². The molecule has 3 atom stereocenters. The summed E-state index contributed by atoms with van der Waals surface area (Å²) in [6.45, 7) is 4.82. The maximum absolute atomic E-state index is 5.33. The van der Waals surface area contributed by atoms with Gasteiger partial charge in [-0.25, -0.2) is 0 Å². The largest absolute Gasteiger partial charge is 0.497 e. The first-order valence-electron chi connectivity index (χ1n) is 8.55. The fourth-order valence-corrected chi connectivity index (χ4v) is 4.14. The highest BCUT2D eigenvalue weighted by atomic mass is 16.5. The Balaban J connectivity index is 1.49. The van der Waals surface area contributed by atoms with Crippen LogP contribution in [0, 0.1) is 11.8 Å². The van der Waals surface area contributed by atoms with Crippen molar-refractivity contribution < 1.29 is 4.74 Å². The van der Waals surface area contributed by atoms with Gasteiger partial charge in [0, 0.05) is 12.1 Å². The molecule has 2 heteroatoms. The van der Waals surface area contributed by atoms with Gasteiger partial charge in [0.25, 0.3) is 0 Å². The minimum Gasteiger partial charge on any atom is -0.497 e. The van der Waals surface area contributed by atoms with E-state index in [9.17, 15) is 0 Å². The minimum absolute atomic E-state index is 0.718. The summed E-state index contributed by atoms with van der Waals surface area (Å²) in [6, 6.07) is 10.1. The maximum atomic E-state index is 5.33. The van der Waals surface area contributed by atoms with E-state index in [1.807, 2.05) is 6.07 Å². The third-order valence-electron chi connectivity index (χ3n) is 5.58. The van der Waals surface area contributed by atoms with Gasteiger partial charge in [-0.15, -0.1) is 0 Å². The van der Waals surface area contributed by atoms with Crippen LogP contribution in [0.3, 0.4) is 0 Å². The van der Waals surface area contributed by atoms with Gasteiger partial charge in [-0.1, -0.05) is 26.0 Å². The molecule has 3 rings (SSSR count). The molecule has 1 aromatic rings. The summed E-state index contributed by atoms with van der Waals surface area (Å²) in [5.41, 5.74) is 1.44. The molecule has 2 aliphatic rings. The van der Waals surface area contributed by atoms with Gasteiger partial charge in [0.2, 0.25) is 0 Å². The maximum Gasteiger partial charge on any atom is 0.119 e. The monoisotopic (exact) mass is 287 g/mol. The van der Waals surface area contributed by atoms with E-state index in [1.165, 1.54) is 37.7 Å². The second kappa shape index (κ2) is 6.39. The molecule has 2 nitrogen and oxygen atoms in total. The molecule has 116 valence electrons. The van der Waals surface area contributed by atoms with E-state index in [1.54, 1.807) is 7.11 Å². The lowest BCUT2D eigenvalue weighted by atomic mass is 9.73. The first kappa shape index (κ1) is 14.9. The Labute approximate surface area is 129 Å². The van der Waals surface area contributed by atoms with Crippen molar-refractivity contribution in [1.82, 2.24) is 5.32 Å². The molecule has 0 heterocycles. The van der Waals surface area contributed by atoms with E-state index in [0.29, 0.717) is 0 Å². The molecule has 21 heavy (non-hydrogen) atoms. The predicted octanol–water partition coefficient (Wildman–Crippen LogP) is 4.36. The highest BCUT2D eigenvalue weighted by Crippen LogP contribution is 2.39. The summed E-state index contributed by atoms with van der Waals surface area (Å²) < 4.78 is 5.33. The first-order valence-corrected chi connectivity index (χ1v) is 8.55. The lowest BCUT2D eigenvalue weighted by Gasteiger charge is -2.42. The normalized spacial score (nSPS) is 36.0. The Hall–Kier alpha value is -1.02. The molecular formula is C19H29NO. The predicted molar refractivity (Wildman–Crippen MR) is 87.9 cm³/mol. The lowest BCUT2D eigenvalue weighted by molar-refractivity contribution is 0.176. The van der Waals surface area contributed by atoms with E-state index < -0.39 is 0 Å². The SMILES string of the molecule is COc1cccc(C2CC(NC3CCC(C)CC3C)C2)c1. The molecule has 0 aromatic heterocycles. The van der Waals surface area contributed by atoms with Gasteiger partial charge in [-0.3, -0.25) is 0 Å². The highest BCUT2D eigenvalue weighted by Gasteiger charge is 2.34. The lowest BCUT2D eigenvalue weighted by Crippen LogP contribution is -2.49. The average molecular weight is 287 g/mol. The molecule has 2 saturated carbocycles. The zero-order chi connectivity index (χ0) is 14.8. The van der Waals surface area contributed by atoms with Crippen molar-refractivity contribution in [3.8, 4) is 5.75 Å². The zero-order valence-electron chi connectivity index (χ0n) is 13.6. The first-order chi connectivity index (χ1) is 10.2. The Morgan fingerprint density at radius 1 is 1.10 bits per heavy atom. The van der Waals surface area contributed by atoms with Crippen LogP contribution in [0.5, 0.6) is 5.75 Å². The Morgan fingerprint density at radius 2 is 1.90 bits per heavy atom. The van der Waals surface area contributed by atoms with Crippen LogP contribution in [0.4, 0.5) is 0 Å². The molecule has 2 aliphatic carbocycles. The number of benzene rings is 1. The quantitative estimate of drug-likeness (QED) is 0.888. The summed E-state index contributed by atoms with van der Waals surface area (Å²) in [5.74, 6) is 3.46. The van der Waals surface area contributed by atoms with Gasteiger partial charge in [0.05, 0.1) is 7.11 Å². The van der Waals surface area contributed by atoms with Crippen molar-refractivity contribution in [3.63, 3.8) is 0 Å². The fraction of sp³-hybridized carbons (Fsp3) is 0.684. The second-order valence-electron chi connectivity index (χ2n) is 7.31. The van der Waals surface area contributed by atoms with E-state index in [2.05, 4.69) is 37.4 Å². The second-order valence-corrected chi connectivity index (χ2v) is 7.31. The number of nitrogens with one attached hydrogen (secondary N) is 1.